The van der Waals surface area contributed by atoms with E-state index in [1.807, 2.05) is 11.8 Å². The summed E-state index contributed by atoms with van der Waals surface area (Å²) < 4.78 is 0. The summed E-state index contributed by atoms with van der Waals surface area (Å²) in [5.74, 6) is 1.71. The van der Waals surface area contributed by atoms with Crippen molar-refractivity contribution in [2.24, 2.45) is 15.0 Å². The molecule has 2 N–H and O–H groups in total. The van der Waals surface area contributed by atoms with Gasteiger partial charge in [0.1, 0.15) is 5.84 Å². The SMILES string of the molecule is C=NC(=N)C(N=C(C)N1CCCN(C(C)=O)CC1)C1=NCC2=CC=C(C)CC2N1. The van der Waals surface area contributed by atoms with Crippen molar-refractivity contribution in [2.45, 2.75) is 45.7 Å². The third kappa shape index (κ3) is 4.99. The number of amides is 1. The fourth-order valence-electron chi connectivity index (χ4n) is 3.92. The van der Waals surface area contributed by atoms with E-state index in [2.05, 4.69) is 46.0 Å². The van der Waals surface area contributed by atoms with Gasteiger partial charge in [-0.3, -0.25) is 20.2 Å². The maximum atomic E-state index is 11.7. The molecule has 1 aliphatic carbocycles. The highest BCUT2D eigenvalue weighted by molar-refractivity contribution is 6.11. The summed E-state index contributed by atoms with van der Waals surface area (Å²) in [5, 5.41) is 11.8. The molecule has 156 valence electrons. The highest BCUT2D eigenvalue weighted by Gasteiger charge is 2.29. The third-order valence-corrected chi connectivity index (χ3v) is 5.71. The Balaban J connectivity index is 1.77. The molecule has 1 amide bonds. The number of nitrogens with zero attached hydrogens (tertiary/aromatic N) is 5. The topological polar surface area (TPSA) is 96.5 Å². The number of carbonyl (C=O) groups is 1. The first-order valence-electron chi connectivity index (χ1n) is 10.2. The standard InChI is InChI=1S/C21H31N7O/c1-14-6-7-17-13-24-21(26-18(17)12-14)19(20(22)23-4)25-15(2)27-8-5-9-28(11-10-27)16(3)29/h6-7,18-19,22H,4-5,8-13H2,1-3H3,(H,24,26). The van der Waals surface area contributed by atoms with Gasteiger partial charge >= 0.3 is 0 Å². The van der Waals surface area contributed by atoms with E-state index in [-0.39, 0.29) is 17.8 Å². The summed E-state index contributed by atoms with van der Waals surface area (Å²) in [7, 11) is 0. The van der Waals surface area contributed by atoms with Gasteiger partial charge in [0, 0.05) is 33.1 Å². The second kappa shape index (κ2) is 9.15. The van der Waals surface area contributed by atoms with Crippen molar-refractivity contribution in [3.63, 3.8) is 0 Å². The predicted octanol–water partition coefficient (Wildman–Crippen LogP) is 1.65. The van der Waals surface area contributed by atoms with Gasteiger partial charge in [0.15, 0.2) is 11.9 Å². The molecule has 1 saturated heterocycles. The molecule has 0 bridgehead atoms. The van der Waals surface area contributed by atoms with Crippen molar-refractivity contribution in [3.8, 4) is 0 Å². The molecule has 2 heterocycles. The summed E-state index contributed by atoms with van der Waals surface area (Å²) in [4.78, 5) is 29.0. The molecule has 0 radical (unpaired) electrons. The van der Waals surface area contributed by atoms with Crippen LogP contribution in [0.2, 0.25) is 0 Å². The Hall–Kier alpha value is -2.77. The number of hydrogen-bond acceptors (Lipinski definition) is 5. The monoisotopic (exact) mass is 397 g/mol. The molecule has 0 aromatic heterocycles. The van der Waals surface area contributed by atoms with Crippen LogP contribution in [0, 0.1) is 5.41 Å². The molecule has 0 aromatic carbocycles. The summed E-state index contributed by atoms with van der Waals surface area (Å²) >= 11 is 0. The fraction of sp³-hybridized carbons (Fsp3) is 0.571. The Morgan fingerprint density at radius 3 is 2.72 bits per heavy atom. The molecule has 29 heavy (non-hydrogen) atoms. The molecular formula is C21H31N7O. The van der Waals surface area contributed by atoms with Crippen LogP contribution >= 0.6 is 0 Å². The lowest BCUT2D eigenvalue weighted by Crippen LogP contribution is -2.49. The van der Waals surface area contributed by atoms with E-state index in [0.29, 0.717) is 18.9 Å². The molecule has 0 aromatic rings. The van der Waals surface area contributed by atoms with E-state index in [0.717, 1.165) is 38.3 Å². The number of nitrogens with one attached hydrogen (secondary N) is 2. The smallest absolute Gasteiger partial charge is 0.219 e. The molecule has 2 atom stereocenters. The van der Waals surface area contributed by atoms with Gasteiger partial charge in [-0.2, -0.15) is 0 Å². The fourth-order valence-corrected chi connectivity index (χ4v) is 3.92. The number of hydrogen-bond donors (Lipinski definition) is 2. The number of carbonyl (C=O) groups excluding carboxylic acids is 1. The zero-order chi connectivity index (χ0) is 21.0. The Morgan fingerprint density at radius 2 is 2.00 bits per heavy atom. The Kier molecular flexibility index (Phi) is 6.61. The average Bonchev–Trinajstić information content (AvgIpc) is 2.97. The van der Waals surface area contributed by atoms with Crippen molar-refractivity contribution >= 4 is 30.1 Å². The minimum atomic E-state index is -0.590. The van der Waals surface area contributed by atoms with E-state index in [1.165, 1.54) is 11.1 Å². The van der Waals surface area contributed by atoms with Crippen molar-refractivity contribution in [2.75, 3.05) is 32.7 Å². The highest BCUT2D eigenvalue weighted by Crippen LogP contribution is 2.22. The van der Waals surface area contributed by atoms with Gasteiger partial charge in [-0.1, -0.05) is 17.7 Å². The van der Waals surface area contributed by atoms with Crippen LogP contribution in [-0.4, -0.2) is 84.7 Å². The van der Waals surface area contributed by atoms with Gasteiger partial charge < -0.3 is 15.1 Å². The number of allylic oxidation sites excluding steroid dienone is 2. The van der Waals surface area contributed by atoms with Gasteiger partial charge in [-0.05, 0) is 39.0 Å². The quantitative estimate of drug-likeness (QED) is 0.560. The van der Waals surface area contributed by atoms with Gasteiger partial charge in [-0.25, -0.2) is 4.99 Å². The zero-order valence-corrected chi connectivity index (χ0v) is 17.6. The van der Waals surface area contributed by atoms with E-state index >= 15 is 0 Å². The van der Waals surface area contributed by atoms with Crippen molar-refractivity contribution in [3.05, 3.63) is 23.3 Å². The van der Waals surface area contributed by atoms with Crippen molar-refractivity contribution < 1.29 is 4.79 Å². The predicted molar refractivity (Wildman–Crippen MR) is 118 cm³/mol. The number of aliphatic imine (C=N–C) groups is 3. The van der Waals surface area contributed by atoms with Crippen LogP contribution in [0.4, 0.5) is 0 Å². The van der Waals surface area contributed by atoms with Gasteiger partial charge in [0.25, 0.3) is 0 Å². The molecule has 8 nitrogen and oxygen atoms in total. The molecule has 2 aliphatic heterocycles. The van der Waals surface area contributed by atoms with E-state index in [9.17, 15) is 4.79 Å². The summed E-state index contributed by atoms with van der Waals surface area (Å²) in [5.41, 5.74) is 2.58. The van der Waals surface area contributed by atoms with Crippen molar-refractivity contribution in [1.29, 1.82) is 5.41 Å². The molecule has 8 heteroatoms. The van der Waals surface area contributed by atoms with E-state index in [1.54, 1.807) is 6.92 Å². The largest absolute Gasteiger partial charge is 0.365 e. The van der Waals surface area contributed by atoms with Crippen LogP contribution in [0.1, 0.15) is 33.6 Å². The maximum absolute atomic E-state index is 11.7. The molecule has 3 rings (SSSR count). The molecule has 0 spiro atoms. The van der Waals surface area contributed by atoms with Gasteiger partial charge in [-0.15, -0.1) is 0 Å². The molecule has 1 fully saturated rings. The first kappa shape index (κ1) is 21.0. The number of amidine groups is 3. The Labute approximate surface area is 172 Å². The first-order chi connectivity index (χ1) is 13.9. The highest BCUT2D eigenvalue weighted by atomic mass is 16.2. The number of rotatable bonds is 3. The lowest BCUT2D eigenvalue weighted by atomic mass is 9.92. The normalized spacial score (nSPS) is 23.6. The maximum Gasteiger partial charge on any atom is 0.219 e. The minimum absolute atomic E-state index is 0.0892. The molecule has 0 saturated carbocycles. The first-order valence-corrected chi connectivity index (χ1v) is 10.2. The second-order valence-electron chi connectivity index (χ2n) is 7.83. The second-order valence-corrected chi connectivity index (χ2v) is 7.83. The molecule has 3 aliphatic rings. The summed E-state index contributed by atoms with van der Waals surface area (Å²) in [6.07, 6.45) is 6.11. The Bertz CT molecular complexity index is 808. The lowest BCUT2D eigenvalue weighted by molar-refractivity contribution is -0.128. The lowest BCUT2D eigenvalue weighted by Gasteiger charge is -2.32. The molecule has 2 unspecified atom stereocenters. The third-order valence-electron chi connectivity index (χ3n) is 5.71. The van der Waals surface area contributed by atoms with E-state index in [4.69, 9.17) is 10.4 Å². The summed E-state index contributed by atoms with van der Waals surface area (Å²) in [6, 6.07) is -0.391. The van der Waals surface area contributed by atoms with Crippen molar-refractivity contribution in [1.82, 2.24) is 15.1 Å². The number of fused-ring (bicyclic) bond motifs is 1. The van der Waals surface area contributed by atoms with Crippen LogP contribution in [0.15, 0.2) is 38.3 Å². The molecular weight excluding hydrogens is 366 g/mol. The van der Waals surface area contributed by atoms with Gasteiger partial charge in [0.2, 0.25) is 5.91 Å². The summed E-state index contributed by atoms with van der Waals surface area (Å²) in [6.45, 7) is 12.9. The minimum Gasteiger partial charge on any atom is -0.365 e. The van der Waals surface area contributed by atoms with Crippen LogP contribution in [0.5, 0.6) is 0 Å². The zero-order valence-electron chi connectivity index (χ0n) is 17.6. The van der Waals surface area contributed by atoms with Crippen LogP contribution in [0.25, 0.3) is 0 Å². The average molecular weight is 398 g/mol. The Morgan fingerprint density at radius 1 is 1.28 bits per heavy atom. The van der Waals surface area contributed by atoms with Crippen LogP contribution < -0.4 is 5.32 Å². The van der Waals surface area contributed by atoms with Crippen LogP contribution in [0.3, 0.4) is 0 Å². The van der Waals surface area contributed by atoms with Crippen LogP contribution in [-0.2, 0) is 4.79 Å². The van der Waals surface area contributed by atoms with Gasteiger partial charge in [0.05, 0.1) is 18.4 Å². The van der Waals surface area contributed by atoms with E-state index < -0.39 is 6.04 Å².